The van der Waals surface area contributed by atoms with Crippen LogP contribution in [-0.2, 0) is 20.7 Å². The summed E-state index contributed by atoms with van der Waals surface area (Å²) in [6.45, 7) is 0.851. The van der Waals surface area contributed by atoms with E-state index in [1.54, 1.807) is 6.92 Å². The van der Waals surface area contributed by atoms with Crippen LogP contribution in [0.15, 0.2) is 9.59 Å². The Hall–Kier alpha value is -2.59. The van der Waals surface area contributed by atoms with Crippen LogP contribution < -0.4 is 11.2 Å². The van der Waals surface area contributed by atoms with Crippen molar-refractivity contribution in [3.63, 3.8) is 0 Å². The summed E-state index contributed by atoms with van der Waals surface area (Å²) in [5.74, 6) is -1.72. The molecule has 0 spiro atoms. The van der Waals surface area contributed by atoms with Crippen LogP contribution in [0.2, 0.25) is 0 Å². The van der Waals surface area contributed by atoms with Gasteiger partial charge in [-0.15, -0.1) is 0 Å². The van der Waals surface area contributed by atoms with Crippen LogP contribution in [0.3, 0.4) is 0 Å². The van der Waals surface area contributed by atoms with E-state index in [2.05, 4.69) is 4.98 Å². The molecule has 1 aromatic heterocycles. The number of alkyl halides is 3. The standard InChI is InChI=1S/C17H22F3N3O5/c1-9-12(15(26)22-16(27)21-9)5-6-14(25)28-7-13(24)23(8-17(18,19)20)10(2)11-3-4-11/h10-11H,3-8H2,1-2H3,(H2,21,22,26,27). The van der Waals surface area contributed by atoms with Crippen LogP contribution in [0.4, 0.5) is 13.2 Å². The molecule has 0 radical (unpaired) electrons. The van der Waals surface area contributed by atoms with Gasteiger partial charge in [-0.25, -0.2) is 4.79 Å². The number of nitrogens with zero attached hydrogens (tertiary/aromatic N) is 1. The Balaban J connectivity index is 1.90. The number of amides is 1. The second-order valence-corrected chi connectivity index (χ2v) is 6.89. The predicted octanol–water partition coefficient (Wildman–Crippen LogP) is 1.04. The Labute approximate surface area is 158 Å². The predicted molar refractivity (Wildman–Crippen MR) is 91.7 cm³/mol. The molecule has 1 unspecified atom stereocenters. The molecule has 1 amide bonds. The van der Waals surface area contributed by atoms with Gasteiger partial charge in [0, 0.05) is 23.7 Å². The minimum atomic E-state index is -4.55. The molecule has 11 heteroatoms. The van der Waals surface area contributed by atoms with Crippen molar-refractivity contribution in [1.29, 1.82) is 0 Å². The average molecular weight is 405 g/mol. The first-order valence-corrected chi connectivity index (χ1v) is 8.82. The Morgan fingerprint density at radius 2 is 1.89 bits per heavy atom. The number of aromatic amines is 2. The quantitative estimate of drug-likeness (QED) is 0.628. The minimum absolute atomic E-state index is 0.0249. The molecule has 8 nitrogen and oxygen atoms in total. The monoisotopic (exact) mass is 405 g/mol. The van der Waals surface area contributed by atoms with Gasteiger partial charge in [-0.05, 0) is 39.0 Å². The van der Waals surface area contributed by atoms with Crippen molar-refractivity contribution in [3.05, 3.63) is 32.1 Å². The van der Waals surface area contributed by atoms with Crippen LogP contribution in [0.5, 0.6) is 0 Å². The number of esters is 1. The summed E-state index contributed by atoms with van der Waals surface area (Å²) in [6, 6.07) is -0.588. The third-order valence-corrected chi connectivity index (χ3v) is 4.66. The molecule has 1 aromatic rings. The highest BCUT2D eigenvalue weighted by atomic mass is 19.4. The van der Waals surface area contributed by atoms with Crippen molar-refractivity contribution < 1.29 is 27.5 Å². The average Bonchev–Trinajstić information content (AvgIpc) is 3.40. The van der Waals surface area contributed by atoms with Gasteiger partial charge >= 0.3 is 17.8 Å². The molecular formula is C17H22F3N3O5. The molecule has 0 bridgehead atoms. The van der Waals surface area contributed by atoms with E-state index >= 15 is 0 Å². The van der Waals surface area contributed by atoms with E-state index in [0.29, 0.717) is 10.6 Å². The lowest BCUT2D eigenvalue weighted by atomic mass is 10.1. The lowest BCUT2D eigenvalue weighted by Crippen LogP contribution is -2.47. The molecule has 0 saturated heterocycles. The van der Waals surface area contributed by atoms with Gasteiger partial charge in [0.15, 0.2) is 6.61 Å². The Bertz CT molecular complexity index is 842. The van der Waals surface area contributed by atoms with Crippen molar-refractivity contribution in [2.75, 3.05) is 13.2 Å². The van der Waals surface area contributed by atoms with Gasteiger partial charge in [-0.3, -0.25) is 19.4 Å². The van der Waals surface area contributed by atoms with Gasteiger partial charge < -0.3 is 14.6 Å². The molecule has 1 atom stereocenters. The second kappa shape index (κ2) is 8.61. The molecule has 0 aliphatic heterocycles. The normalized spacial score (nSPS) is 15.2. The van der Waals surface area contributed by atoms with E-state index in [1.165, 1.54) is 6.92 Å². The van der Waals surface area contributed by atoms with E-state index in [1.807, 2.05) is 4.98 Å². The maximum absolute atomic E-state index is 12.8. The number of hydrogen-bond donors (Lipinski definition) is 2. The number of halogens is 3. The van der Waals surface area contributed by atoms with Gasteiger partial charge in [0.1, 0.15) is 6.54 Å². The SMILES string of the molecule is Cc1[nH]c(=O)[nH]c(=O)c1CCC(=O)OCC(=O)N(CC(F)(F)F)C(C)C1CC1. The smallest absolute Gasteiger partial charge is 0.406 e. The van der Waals surface area contributed by atoms with Gasteiger partial charge in [-0.1, -0.05) is 0 Å². The molecule has 156 valence electrons. The first-order chi connectivity index (χ1) is 13.0. The van der Waals surface area contributed by atoms with Gasteiger partial charge in [0.05, 0.1) is 0 Å². The third-order valence-electron chi connectivity index (χ3n) is 4.66. The summed E-state index contributed by atoms with van der Waals surface area (Å²) in [7, 11) is 0. The molecule has 1 heterocycles. The number of carbonyl (C=O) groups excluding carboxylic acids is 2. The fourth-order valence-corrected chi connectivity index (χ4v) is 2.94. The van der Waals surface area contributed by atoms with Crippen molar-refractivity contribution in [3.8, 4) is 0 Å². The fraction of sp³-hybridized carbons (Fsp3) is 0.647. The first kappa shape index (κ1) is 21.7. The molecule has 1 aliphatic carbocycles. The zero-order valence-electron chi connectivity index (χ0n) is 15.5. The molecule has 1 saturated carbocycles. The van der Waals surface area contributed by atoms with E-state index in [-0.39, 0.29) is 24.3 Å². The number of H-pyrrole nitrogens is 2. The van der Waals surface area contributed by atoms with E-state index in [0.717, 1.165) is 12.8 Å². The highest BCUT2D eigenvalue weighted by Gasteiger charge is 2.40. The Morgan fingerprint density at radius 3 is 2.43 bits per heavy atom. The van der Waals surface area contributed by atoms with Crippen molar-refractivity contribution >= 4 is 11.9 Å². The molecule has 1 aliphatic rings. The van der Waals surface area contributed by atoms with E-state index < -0.39 is 48.5 Å². The largest absolute Gasteiger partial charge is 0.456 e. The maximum atomic E-state index is 12.8. The number of rotatable bonds is 8. The van der Waals surface area contributed by atoms with Gasteiger partial charge in [-0.2, -0.15) is 13.2 Å². The zero-order chi connectivity index (χ0) is 21.1. The number of aromatic nitrogens is 2. The van der Waals surface area contributed by atoms with E-state index in [9.17, 15) is 32.3 Å². The topological polar surface area (TPSA) is 112 Å². The van der Waals surface area contributed by atoms with Crippen molar-refractivity contribution in [2.24, 2.45) is 5.92 Å². The van der Waals surface area contributed by atoms with Crippen LogP contribution in [0.25, 0.3) is 0 Å². The molecule has 0 aromatic carbocycles. The molecular weight excluding hydrogens is 383 g/mol. The Kier molecular flexibility index (Phi) is 6.68. The minimum Gasteiger partial charge on any atom is -0.456 e. The summed E-state index contributed by atoms with van der Waals surface area (Å²) in [4.78, 5) is 52.0. The lowest BCUT2D eigenvalue weighted by molar-refractivity contribution is -0.170. The van der Waals surface area contributed by atoms with Gasteiger partial charge in [0.2, 0.25) is 0 Å². The summed E-state index contributed by atoms with van der Waals surface area (Å²) in [5, 5.41) is 0. The number of nitrogens with one attached hydrogen (secondary N) is 2. The maximum Gasteiger partial charge on any atom is 0.406 e. The number of ether oxygens (including phenoxy) is 1. The van der Waals surface area contributed by atoms with Gasteiger partial charge in [0.25, 0.3) is 11.5 Å². The number of carbonyl (C=O) groups is 2. The van der Waals surface area contributed by atoms with Crippen molar-refractivity contribution in [1.82, 2.24) is 14.9 Å². The van der Waals surface area contributed by atoms with E-state index in [4.69, 9.17) is 4.74 Å². The highest BCUT2D eigenvalue weighted by molar-refractivity contribution is 5.81. The Morgan fingerprint density at radius 1 is 1.25 bits per heavy atom. The van der Waals surface area contributed by atoms with Crippen molar-refractivity contribution in [2.45, 2.75) is 51.7 Å². The summed E-state index contributed by atoms with van der Waals surface area (Å²) in [6.07, 6.45) is -3.34. The summed E-state index contributed by atoms with van der Waals surface area (Å²) < 4.78 is 43.1. The molecule has 1 fully saturated rings. The molecule has 2 N–H and O–H groups in total. The van der Waals surface area contributed by atoms with Crippen LogP contribution >= 0.6 is 0 Å². The third kappa shape index (κ3) is 6.24. The summed E-state index contributed by atoms with van der Waals surface area (Å²) in [5.41, 5.74) is -0.829. The van der Waals surface area contributed by atoms with Crippen LogP contribution in [-0.4, -0.2) is 52.1 Å². The fourth-order valence-electron chi connectivity index (χ4n) is 2.94. The van der Waals surface area contributed by atoms with Crippen LogP contribution in [0.1, 0.15) is 37.4 Å². The second-order valence-electron chi connectivity index (χ2n) is 6.89. The molecule has 28 heavy (non-hydrogen) atoms. The molecule has 2 rings (SSSR count). The summed E-state index contributed by atoms with van der Waals surface area (Å²) >= 11 is 0. The van der Waals surface area contributed by atoms with Crippen LogP contribution in [0, 0.1) is 12.8 Å². The zero-order valence-corrected chi connectivity index (χ0v) is 15.5. The number of hydrogen-bond acceptors (Lipinski definition) is 5. The first-order valence-electron chi connectivity index (χ1n) is 8.82. The highest BCUT2D eigenvalue weighted by Crippen LogP contribution is 2.36. The number of aryl methyl sites for hydroxylation is 1. The lowest BCUT2D eigenvalue weighted by Gasteiger charge is -2.30.